The van der Waals surface area contributed by atoms with E-state index in [-0.39, 0.29) is 6.42 Å². The van der Waals surface area contributed by atoms with Crippen molar-refractivity contribution in [3.05, 3.63) is 35.4 Å². The zero-order valence-electron chi connectivity index (χ0n) is 9.78. The van der Waals surface area contributed by atoms with Gasteiger partial charge in [0.2, 0.25) is 0 Å². The molecule has 0 heterocycles. The number of nitrogens with one attached hydrogen (secondary N) is 1. The first-order valence-corrected chi connectivity index (χ1v) is 5.67. The lowest BCUT2D eigenvalue weighted by atomic mass is 10.0. The second-order valence-electron chi connectivity index (χ2n) is 3.82. The molecule has 0 aliphatic rings. The summed E-state index contributed by atoms with van der Waals surface area (Å²) in [5, 5.41) is 12.1. The summed E-state index contributed by atoms with van der Waals surface area (Å²) in [7, 11) is 0. The van der Waals surface area contributed by atoms with Crippen molar-refractivity contribution in [3.8, 4) is 12.3 Å². The first-order chi connectivity index (χ1) is 8.24. The smallest absolute Gasteiger partial charge is 0.307 e. The van der Waals surface area contributed by atoms with E-state index in [1.807, 2.05) is 24.3 Å². The van der Waals surface area contributed by atoms with E-state index in [1.54, 1.807) is 0 Å². The van der Waals surface area contributed by atoms with Gasteiger partial charge in [-0.1, -0.05) is 24.3 Å². The van der Waals surface area contributed by atoms with E-state index in [0.29, 0.717) is 6.54 Å². The number of carbonyl (C=O) groups is 1. The number of aliphatic carboxylic acids is 1. The zero-order valence-corrected chi connectivity index (χ0v) is 9.78. The molecule has 0 radical (unpaired) electrons. The fraction of sp³-hybridized carbons (Fsp3) is 0.357. The van der Waals surface area contributed by atoms with E-state index in [9.17, 15) is 4.79 Å². The highest BCUT2D eigenvalue weighted by atomic mass is 16.4. The Hall–Kier alpha value is -1.79. The summed E-state index contributed by atoms with van der Waals surface area (Å²) >= 11 is 0. The Balaban J connectivity index is 2.46. The van der Waals surface area contributed by atoms with Gasteiger partial charge in [-0.3, -0.25) is 4.79 Å². The van der Waals surface area contributed by atoms with Crippen LogP contribution in [0.1, 0.15) is 24.0 Å². The quantitative estimate of drug-likeness (QED) is 0.556. The molecule has 0 aliphatic carbocycles. The second-order valence-corrected chi connectivity index (χ2v) is 3.82. The van der Waals surface area contributed by atoms with Crippen molar-refractivity contribution >= 4 is 5.97 Å². The average Bonchev–Trinajstić information content (AvgIpc) is 2.30. The van der Waals surface area contributed by atoms with Crippen LogP contribution in [0.4, 0.5) is 0 Å². The molecular weight excluding hydrogens is 214 g/mol. The van der Waals surface area contributed by atoms with Crippen LogP contribution in [0.2, 0.25) is 0 Å². The molecule has 0 saturated carbocycles. The maximum Gasteiger partial charge on any atom is 0.307 e. The Morgan fingerprint density at radius 3 is 2.71 bits per heavy atom. The van der Waals surface area contributed by atoms with Crippen LogP contribution in [0.5, 0.6) is 0 Å². The summed E-state index contributed by atoms with van der Waals surface area (Å²) in [6, 6.07) is 7.59. The van der Waals surface area contributed by atoms with Crippen molar-refractivity contribution in [2.24, 2.45) is 0 Å². The summed E-state index contributed by atoms with van der Waals surface area (Å²) in [6.07, 6.45) is 6.94. The summed E-state index contributed by atoms with van der Waals surface area (Å²) in [5.74, 6) is 1.79. The Morgan fingerprint density at radius 1 is 1.35 bits per heavy atom. The molecule has 0 aromatic heterocycles. The molecule has 0 bridgehead atoms. The molecule has 17 heavy (non-hydrogen) atoms. The van der Waals surface area contributed by atoms with Gasteiger partial charge in [-0.15, -0.1) is 12.3 Å². The largest absolute Gasteiger partial charge is 0.481 e. The van der Waals surface area contributed by atoms with E-state index in [1.165, 1.54) is 0 Å². The molecule has 1 aromatic carbocycles. The van der Waals surface area contributed by atoms with Crippen molar-refractivity contribution in [2.75, 3.05) is 6.54 Å². The molecule has 3 nitrogen and oxygen atoms in total. The van der Waals surface area contributed by atoms with Gasteiger partial charge in [0.05, 0.1) is 6.42 Å². The van der Waals surface area contributed by atoms with Crippen LogP contribution in [-0.4, -0.2) is 17.6 Å². The highest BCUT2D eigenvalue weighted by Gasteiger charge is 2.05. The monoisotopic (exact) mass is 231 g/mol. The Labute approximate surface area is 102 Å². The van der Waals surface area contributed by atoms with Crippen molar-refractivity contribution in [1.29, 1.82) is 0 Å². The fourth-order valence-corrected chi connectivity index (χ4v) is 1.60. The van der Waals surface area contributed by atoms with Gasteiger partial charge in [0.1, 0.15) is 0 Å². The molecule has 2 N–H and O–H groups in total. The number of rotatable bonds is 7. The molecule has 0 amide bonds. The number of benzene rings is 1. The van der Waals surface area contributed by atoms with Gasteiger partial charge >= 0.3 is 5.97 Å². The minimum Gasteiger partial charge on any atom is -0.481 e. The first kappa shape index (κ1) is 13.3. The van der Waals surface area contributed by atoms with Gasteiger partial charge in [-0.25, -0.2) is 0 Å². The molecule has 1 rings (SSSR count). The summed E-state index contributed by atoms with van der Waals surface area (Å²) in [5.41, 5.74) is 1.90. The number of unbranched alkanes of at least 4 members (excludes halogenated alkanes) is 1. The van der Waals surface area contributed by atoms with Crippen molar-refractivity contribution in [1.82, 2.24) is 5.32 Å². The summed E-state index contributed by atoms with van der Waals surface area (Å²) in [4.78, 5) is 10.7. The van der Waals surface area contributed by atoms with Crippen LogP contribution in [0.3, 0.4) is 0 Å². The third-order valence-electron chi connectivity index (χ3n) is 2.45. The maximum atomic E-state index is 10.7. The molecule has 0 saturated heterocycles. The van der Waals surface area contributed by atoms with Crippen molar-refractivity contribution in [2.45, 2.75) is 25.8 Å². The normalized spacial score (nSPS) is 9.82. The van der Waals surface area contributed by atoms with Gasteiger partial charge in [-0.05, 0) is 24.1 Å². The number of hydrogen-bond donors (Lipinski definition) is 2. The average molecular weight is 231 g/mol. The Morgan fingerprint density at radius 2 is 2.06 bits per heavy atom. The lowest BCUT2D eigenvalue weighted by Crippen LogP contribution is -2.16. The summed E-state index contributed by atoms with van der Waals surface area (Å²) in [6.45, 7) is 1.54. The van der Waals surface area contributed by atoms with Crippen molar-refractivity contribution in [3.63, 3.8) is 0 Å². The minimum absolute atomic E-state index is 0.0716. The first-order valence-electron chi connectivity index (χ1n) is 5.67. The van der Waals surface area contributed by atoms with Gasteiger partial charge in [0, 0.05) is 13.0 Å². The predicted octanol–water partition coefficient (Wildman–Crippen LogP) is 1.82. The van der Waals surface area contributed by atoms with E-state index < -0.39 is 5.97 Å². The lowest BCUT2D eigenvalue weighted by Gasteiger charge is -2.08. The van der Waals surface area contributed by atoms with Crippen LogP contribution >= 0.6 is 0 Å². The fourth-order valence-electron chi connectivity index (χ4n) is 1.60. The molecule has 0 aliphatic heterocycles. The molecular formula is C14H17NO2. The minimum atomic E-state index is -0.801. The molecule has 0 unspecified atom stereocenters. The highest BCUT2D eigenvalue weighted by Crippen LogP contribution is 2.09. The van der Waals surface area contributed by atoms with Crippen LogP contribution in [0.25, 0.3) is 0 Å². The van der Waals surface area contributed by atoms with Crippen LogP contribution in [-0.2, 0) is 17.8 Å². The molecule has 90 valence electrons. The van der Waals surface area contributed by atoms with Gasteiger partial charge in [0.25, 0.3) is 0 Å². The maximum absolute atomic E-state index is 10.7. The molecule has 3 heteroatoms. The van der Waals surface area contributed by atoms with E-state index in [4.69, 9.17) is 11.5 Å². The summed E-state index contributed by atoms with van der Waals surface area (Å²) < 4.78 is 0. The topological polar surface area (TPSA) is 49.3 Å². The van der Waals surface area contributed by atoms with E-state index in [2.05, 4.69) is 11.2 Å². The van der Waals surface area contributed by atoms with Crippen LogP contribution < -0.4 is 5.32 Å². The van der Waals surface area contributed by atoms with Gasteiger partial charge in [0.15, 0.2) is 0 Å². The third kappa shape index (κ3) is 5.19. The predicted molar refractivity (Wildman–Crippen MR) is 67.6 cm³/mol. The number of carboxylic acids is 1. The third-order valence-corrected chi connectivity index (χ3v) is 2.45. The number of carboxylic acid groups (broad SMARTS) is 1. The Kier molecular flexibility index (Phi) is 5.84. The molecule has 0 spiro atoms. The molecule has 1 aromatic rings. The van der Waals surface area contributed by atoms with E-state index in [0.717, 1.165) is 30.5 Å². The van der Waals surface area contributed by atoms with Gasteiger partial charge in [-0.2, -0.15) is 0 Å². The zero-order chi connectivity index (χ0) is 12.5. The standard InChI is InChI=1S/C14H17NO2/c1-2-3-6-9-15-11-13-8-5-4-7-12(13)10-14(16)17/h1,4-5,7-8,15H,3,6,9-11H2,(H,16,17). The highest BCUT2D eigenvalue weighted by molar-refractivity contribution is 5.70. The number of hydrogen-bond acceptors (Lipinski definition) is 2. The van der Waals surface area contributed by atoms with Crippen LogP contribution in [0, 0.1) is 12.3 Å². The molecule has 0 fully saturated rings. The molecule has 0 atom stereocenters. The lowest BCUT2D eigenvalue weighted by molar-refractivity contribution is -0.136. The van der Waals surface area contributed by atoms with E-state index >= 15 is 0 Å². The second kappa shape index (κ2) is 7.48. The SMILES string of the molecule is C#CCCCNCc1ccccc1CC(=O)O. The van der Waals surface area contributed by atoms with Gasteiger partial charge < -0.3 is 10.4 Å². The Bertz CT molecular complexity index is 407. The van der Waals surface area contributed by atoms with Crippen molar-refractivity contribution < 1.29 is 9.90 Å². The van der Waals surface area contributed by atoms with Crippen LogP contribution in [0.15, 0.2) is 24.3 Å². The number of terminal acetylenes is 1.